The van der Waals surface area contributed by atoms with Gasteiger partial charge >= 0.3 is 5.97 Å². The lowest BCUT2D eigenvalue weighted by Gasteiger charge is -2.25. The van der Waals surface area contributed by atoms with Crippen molar-refractivity contribution < 1.29 is 9.53 Å². The first kappa shape index (κ1) is 24.2. The molecule has 0 aromatic carbocycles. The van der Waals surface area contributed by atoms with Crippen LogP contribution < -0.4 is 10.6 Å². The van der Waals surface area contributed by atoms with Gasteiger partial charge < -0.3 is 15.4 Å². The van der Waals surface area contributed by atoms with Crippen molar-refractivity contribution >= 4 is 47.2 Å². The molecule has 1 atom stereocenters. The van der Waals surface area contributed by atoms with Gasteiger partial charge in [-0.25, -0.2) is 0 Å². The van der Waals surface area contributed by atoms with Gasteiger partial charge in [-0.3, -0.25) is 14.7 Å². The predicted molar refractivity (Wildman–Crippen MR) is 123 cm³/mol. The normalized spacial score (nSPS) is 15.9. The molecule has 6 nitrogen and oxygen atoms in total. The van der Waals surface area contributed by atoms with Crippen LogP contribution in [-0.4, -0.2) is 56.2 Å². The third-order valence-electron chi connectivity index (χ3n) is 4.38. The van der Waals surface area contributed by atoms with Crippen molar-refractivity contribution in [2.24, 2.45) is 4.99 Å². The summed E-state index contributed by atoms with van der Waals surface area (Å²) in [5, 5.41) is 8.76. The molecule has 2 rings (SSSR count). The van der Waals surface area contributed by atoms with E-state index in [9.17, 15) is 4.79 Å². The van der Waals surface area contributed by atoms with E-state index in [0.29, 0.717) is 25.6 Å². The number of thiophene rings is 1. The van der Waals surface area contributed by atoms with Gasteiger partial charge in [0.15, 0.2) is 5.96 Å². The number of nitrogens with zero attached hydrogens (tertiary/aromatic N) is 2. The Hall–Kier alpha value is -0.870. The molecule has 2 heterocycles. The molecular weight excluding hydrogens is 475 g/mol. The molecule has 1 saturated heterocycles. The molecule has 0 bridgehead atoms. The molecule has 2 N–H and O–H groups in total. The molecule has 27 heavy (non-hydrogen) atoms. The summed E-state index contributed by atoms with van der Waals surface area (Å²) >= 11 is 1.81. The lowest BCUT2D eigenvalue weighted by Crippen LogP contribution is -2.39. The van der Waals surface area contributed by atoms with E-state index in [1.165, 1.54) is 17.7 Å². The highest BCUT2D eigenvalue weighted by Crippen LogP contribution is 2.28. The number of carbonyl (C=O) groups is 1. The number of ether oxygens (including phenoxy) is 1. The fraction of sp³-hybridized carbons (Fsp3) is 0.684. The zero-order valence-electron chi connectivity index (χ0n) is 16.4. The van der Waals surface area contributed by atoms with Crippen molar-refractivity contribution in [1.29, 1.82) is 0 Å². The van der Waals surface area contributed by atoms with Crippen LogP contribution in [-0.2, 0) is 9.53 Å². The third-order valence-corrected chi connectivity index (χ3v) is 5.35. The highest BCUT2D eigenvalue weighted by atomic mass is 127. The van der Waals surface area contributed by atoms with E-state index in [4.69, 9.17) is 9.73 Å². The van der Waals surface area contributed by atoms with Gasteiger partial charge in [0.05, 0.1) is 19.2 Å². The molecule has 0 spiro atoms. The summed E-state index contributed by atoms with van der Waals surface area (Å²) in [7, 11) is 0. The fourth-order valence-electron chi connectivity index (χ4n) is 3.11. The molecule has 0 amide bonds. The maximum absolute atomic E-state index is 11.4. The van der Waals surface area contributed by atoms with Crippen molar-refractivity contribution in [2.45, 2.75) is 45.6 Å². The van der Waals surface area contributed by atoms with Crippen LogP contribution in [0.5, 0.6) is 0 Å². The Bertz CT molecular complexity index is 548. The van der Waals surface area contributed by atoms with Crippen molar-refractivity contribution in [1.82, 2.24) is 15.5 Å². The van der Waals surface area contributed by atoms with Crippen LogP contribution >= 0.6 is 35.3 Å². The minimum atomic E-state index is -0.136. The predicted octanol–water partition coefficient (Wildman–Crippen LogP) is 3.40. The molecular formula is C19H33IN4O2S. The smallest absolute Gasteiger partial charge is 0.305 e. The quantitative estimate of drug-likeness (QED) is 0.167. The number of rotatable bonds is 10. The molecule has 1 fully saturated rings. The molecule has 0 saturated carbocycles. The summed E-state index contributed by atoms with van der Waals surface area (Å²) in [5.74, 6) is 0.681. The van der Waals surface area contributed by atoms with Gasteiger partial charge in [0.2, 0.25) is 0 Å². The Balaban J connectivity index is 0.00000364. The first-order chi connectivity index (χ1) is 12.7. The van der Waals surface area contributed by atoms with Gasteiger partial charge in [0.25, 0.3) is 0 Å². The Morgan fingerprint density at radius 3 is 2.74 bits per heavy atom. The second-order valence-electron chi connectivity index (χ2n) is 6.33. The van der Waals surface area contributed by atoms with E-state index in [1.54, 1.807) is 0 Å². The van der Waals surface area contributed by atoms with Gasteiger partial charge in [0.1, 0.15) is 0 Å². The Labute approximate surface area is 184 Å². The molecule has 1 unspecified atom stereocenters. The first-order valence-corrected chi connectivity index (χ1v) is 10.6. The van der Waals surface area contributed by atoms with E-state index in [-0.39, 0.29) is 29.9 Å². The Morgan fingerprint density at radius 2 is 2.11 bits per heavy atom. The van der Waals surface area contributed by atoms with Crippen molar-refractivity contribution in [2.75, 3.05) is 39.3 Å². The molecule has 1 aromatic heterocycles. The van der Waals surface area contributed by atoms with Gasteiger partial charge in [-0.1, -0.05) is 6.07 Å². The average Bonchev–Trinajstić information content (AvgIpc) is 3.33. The van der Waals surface area contributed by atoms with Crippen LogP contribution in [0.3, 0.4) is 0 Å². The summed E-state index contributed by atoms with van der Waals surface area (Å²) in [6.07, 6.45) is 3.73. The number of nitrogens with one attached hydrogen (secondary N) is 2. The van der Waals surface area contributed by atoms with E-state index in [1.807, 2.05) is 18.3 Å². The minimum Gasteiger partial charge on any atom is -0.466 e. The number of likely N-dealkylation sites (tertiary alicyclic amines) is 1. The fourth-order valence-corrected chi connectivity index (χ4v) is 3.96. The average molecular weight is 508 g/mol. The largest absolute Gasteiger partial charge is 0.466 e. The maximum Gasteiger partial charge on any atom is 0.305 e. The van der Waals surface area contributed by atoms with Crippen LogP contribution in [0.25, 0.3) is 0 Å². The van der Waals surface area contributed by atoms with Gasteiger partial charge in [0, 0.05) is 24.4 Å². The highest BCUT2D eigenvalue weighted by molar-refractivity contribution is 14.0. The number of aliphatic imine (C=N–C) groups is 1. The second kappa shape index (κ2) is 14.2. The topological polar surface area (TPSA) is 66.0 Å². The van der Waals surface area contributed by atoms with Crippen LogP contribution in [0.15, 0.2) is 22.5 Å². The summed E-state index contributed by atoms with van der Waals surface area (Å²) in [6, 6.07) is 4.68. The van der Waals surface area contributed by atoms with Crippen LogP contribution in [0.4, 0.5) is 0 Å². The van der Waals surface area contributed by atoms with Crippen molar-refractivity contribution in [3.05, 3.63) is 22.4 Å². The van der Waals surface area contributed by atoms with E-state index >= 15 is 0 Å². The summed E-state index contributed by atoms with van der Waals surface area (Å²) in [6.45, 7) is 8.91. The lowest BCUT2D eigenvalue weighted by molar-refractivity contribution is -0.143. The standard InChI is InChI=1S/C19H32N4O2S.HI/c1-3-20-19(21-11-7-10-18(24)25-4-2)22-15-16(17-9-8-14-26-17)23-12-5-6-13-23;/h8-9,14,16H,3-7,10-13,15H2,1-2H3,(H2,20,21,22);1H. The van der Waals surface area contributed by atoms with Gasteiger partial charge in [-0.2, -0.15) is 0 Å². The van der Waals surface area contributed by atoms with E-state index < -0.39 is 0 Å². The number of esters is 1. The molecule has 8 heteroatoms. The molecule has 0 aliphatic carbocycles. The minimum absolute atomic E-state index is 0. The zero-order valence-corrected chi connectivity index (χ0v) is 19.6. The maximum atomic E-state index is 11.4. The van der Waals surface area contributed by atoms with Gasteiger partial charge in [-0.15, -0.1) is 35.3 Å². The zero-order chi connectivity index (χ0) is 18.6. The lowest BCUT2D eigenvalue weighted by atomic mass is 10.2. The summed E-state index contributed by atoms with van der Waals surface area (Å²) in [5.41, 5.74) is 0. The number of halogens is 1. The van der Waals surface area contributed by atoms with Crippen LogP contribution in [0.2, 0.25) is 0 Å². The molecule has 0 radical (unpaired) electrons. The first-order valence-electron chi connectivity index (χ1n) is 9.69. The molecule has 1 aliphatic heterocycles. The van der Waals surface area contributed by atoms with Crippen molar-refractivity contribution in [3.63, 3.8) is 0 Å². The number of carbonyl (C=O) groups excluding carboxylic acids is 1. The summed E-state index contributed by atoms with van der Waals surface area (Å²) < 4.78 is 4.96. The SMILES string of the molecule is CCNC(=NCC(c1cccs1)N1CCCC1)NCCCC(=O)OCC.I. The van der Waals surface area contributed by atoms with Crippen molar-refractivity contribution in [3.8, 4) is 0 Å². The van der Waals surface area contributed by atoms with Crippen LogP contribution in [0, 0.1) is 0 Å². The molecule has 1 aromatic rings. The molecule has 154 valence electrons. The number of hydrogen-bond donors (Lipinski definition) is 2. The molecule has 1 aliphatic rings. The van der Waals surface area contributed by atoms with E-state index in [0.717, 1.165) is 38.6 Å². The number of guanidine groups is 1. The van der Waals surface area contributed by atoms with Gasteiger partial charge in [-0.05, 0) is 57.6 Å². The highest BCUT2D eigenvalue weighted by Gasteiger charge is 2.24. The third kappa shape index (κ3) is 8.78. The summed E-state index contributed by atoms with van der Waals surface area (Å²) in [4.78, 5) is 20.1. The number of hydrogen-bond acceptors (Lipinski definition) is 5. The Kier molecular flexibility index (Phi) is 12.7. The van der Waals surface area contributed by atoms with E-state index in [2.05, 4.69) is 40.0 Å². The Morgan fingerprint density at radius 1 is 1.33 bits per heavy atom. The van der Waals surface area contributed by atoms with Crippen LogP contribution in [0.1, 0.15) is 50.4 Å². The monoisotopic (exact) mass is 508 g/mol. The second-order valence-corrected chi connectivity index (χ2v) is 7.31.